The van der Waals surface area contributed by atoms with Crippen LogP contribution in [0.15, 0.2) is 24.3 Å². The molecule has 1 rings (SSSR count). The van der Waals surface area contributed by atoms with Gasteiger partial charge in [-0.05, 0) is 23.0 Å². The minimum Gasteiger partial charge on any atom is -0.355 e. The van der Waals surface area contributed by atoms with Crippen LogP contribution in [0.25, 0.3) is 0 Å². The predicted octanol–water partition coefficient (Wildman–Crippen LogP) is 3.79. The molecule has 3 heteroatoms. The first-order valence-electron chi connectivity index (χ1n) is 6.38. The van der Waals surface area contributed by atoms with Gasteiger partial charge in [0, 0.05) is 6.54 Å². The number of halogens is 1. The molecule has 0 heterocycles. The van der Waals surface area contributed by atoms with Gasteiger partial charge in [-0.25, -0.2) is 0 Å². The average Bonchev–Trinajstić information content (AvgIpc) is 2.34. The van der Waals surface area contributed by atoms with E-state index in [0.29, 0.717) is 6.54 Å². The Labute approximate surface area is 115 Å². The van der Waals surface area contributed by atoms with Crippen LogP contribution >= 0.6 is 11.6 Å². The summed E-state index contributed by atoms with van der Waals surface area (Å²) in [5.41, 5.74) is 2.20. The molecule has 1 N–H and O–H groups in total. The Morgan fingerprint density at radius 1 is 1.28 bits per heavy atom. The molecule has 0 aliphatic rings. The zero-order valence-electron chi connectivity index (χ0n) is 11.6. The molecule has 0 spiro atoms. The van der Waals surface area contributed by atoms with E-state index < -0.39 is 5.38 Å². The number of hydrogen-bond donors (Lipinski definition) is 1. The second kappa shape index (κ2) is 6.24. The van der Waals surface area contributed by atoms with Crippen LogP contribution in [-0.4, -0.2) is 12.5 Å². The molecule has 1 amide bonds. The van der Waals surface area contributed by atoms with Crippen molar-refractivity contribution in [2.45, 2.75) is 44.9 Å². The normalized spacial score (nSPS) is 13.2. The zero-order chi connectivity index (χ0) is 13.8. The molecule has 0 saturated carbocycles. The van der Waals surface area contributed by atoms with Crippen molar-refractivity contribution < 1.29 is 4.79 Å². The molecule has 0 bridgehead atoms. The lowest BCUT2D eigenvalue weighted by Crippen LogP contribution is -2.27. The van der Waals surface area contributed by atoms with Crippen LogP contribution in [0.5, 0.6) is 0 Å². The number of carbonyl (C=O) groups excluding carboxylic acids is 1. The number of hydrogen-bond acceptors (Lipinski definition) is 1. The largest absolute Gasteiger partial charge is 0.355 e. The van der Waals surface area contributed by atoms with Crippen molar-refractivity contribution >= 4 is 17.5 Å². The Bertz CT molecular complexity index is 392. The summed E-state index contributed by atoms with van der Waals surface area (Å²) in [6.45, 7) is 9.17. The maximum absolute atomic E-state index is 11.7. The van der Waals surface area contributed by atoms with E-state index >= 15 is 0 Å². The fourth-order valence-corrected chi connectivity index (χ4v) is 1.86. The van der Waals surface area contributed by atoms with Gasteiger partial charge in [0.2, 0.25) is 5.91 Å². The molecule has 0 saturated heterocycles. The van der Waals surface area contributed by atoms with Gasteiger partial charge in [0.15, 0.2) is 0 Å². The summed E-state index contributed by atoms with van der Waals surface area (Å²) in [5, 5.41) is 2.20. The SMILES string of the molecule is CCCNC(=O)C(Cl)c1ccc(C(C)(C)C)cc1. The maximum Gasteiger partial charge on any atom is 0.242 e. The molecule has 1 aromatic rings. The van der Waals surface area contributed by atoms with Crippen molar-refractivity contribution in [3.63, 3.8) is 0 Å². The van der Waals surface area contributed by atoms with E-state index in [-0.39, 0.29) is 11.3 Å². The predicted molar refractivity (Wildman–Crippen MR) is 77.0 cm³/mol. The highest BCUT2D eigenvalue weighted by atomic mass is 35.5. The maximum atomic E-state index is 11.7. The Kier molecular flexibility index (Phi) is 5.21. The highest BCUT2D eigenvalue weighted by Crippen LogP contribution is 2.26. The van der Waals surface area contributed by atoms with Crippen LogP contribution in [0, 0.1) is 0 Å². The van der Waals surface area contributed by atoms with Crippen LogP contribution in [-0.2, 0) is 10.2 Å². The molecule has 100 valence electrons. The fraction of sp³-hybridized carbons (Fsp3) is 0.533. The van der Waals surface area contributed by atoms with Gasteiger partial charge >= 0.3 is 0 Å². The van der Waals surface area contributed by atoms with Crippen LogP contribution in [0.3, 0.4) is 0 Å². The number of alkyl halides is 1. The summed E-state index contributed by atoms with van der Waals surface area (Å²) in [7, 11) is 0. The van der Waals surface area contributed by atoms with Gasteiger partial charge in [0.1, 0.15) is 5.38 Å². The van der Waals surface area contributed by atoms with Gasteiger partial charge in [-0.2, -0.15) is 0 Å². The summed E-state index contributed by atoms with van der Waals surface area (Å²) in [4.78, 5) is 11.7. The Hall–Kier alpha value is -1.02. The standard InChI is InChI=1S/C15H22ClNO/c1-5-10-17-14(18)13(16)11-6-8-12(9-7-11)15(2,3)4/h6-9,13H,5,10H2,1-4H3,(H,17,18). The molecule has 1 aromatic carbocycles. The van der Waals surface area contributed by atoms with Crippen LogP contribution in [0.1, 0.15) is 50.6 Å². The van der Waals surface area contributed by atoms with Crippen molar-refractivity contribution in [3.8, 4) is 0 Å². The molecule has 0 fully saturated rings. The highest BCUT2D eigenvalue weighted by molar-refractivity contribution is 6.30. The highest BCUT2D eigenvalue weighted by Gasteiger charge is 2.18. The van der Waals surface area contributed by atoms with Crippen molar-refractivity contribution in [2.24, 2.45) is 0 Å². The van der Waals surface area contributed by atoms with Gasteiger partial charge < -0.3 is 5.32 Å². The van der Waals surface area contributed by atoms with Crippen molar-refractivity contribution in [1.29, 1.82) is 0 Å². The van der Waals surface area contributed by atoms with Crippen LogP contribution in [0.2, 0.25) is 0 Å². The lowest BCUT2D eigenvalue weighted by molar-refractivity contribution is -0.120. The monoisotopic (exact) mass is 267 g/mol. The Morgan fingerprint density at radius 3 is 2.28 bits per heavy atom. The molecule has 0 aliphatic carbocycles. The molecule has 0 aromatic heterocycles. The molecule has 1 unspecified atom stereocenters. The molecule has 0 aliphatic heterocycles. The number of rotatable bonds is 4. The summed E-state index contributed by atoms with van der Waals surface area (Å²) < 4.78 is 0. The quantitative estimate of drug-likeness (QED) is 0.827. The van der Waals surface area contributed by atoms with Gasteiger partial charge in [-0.1, -0.05) is 52.0 Å². The number of amides is 1. The van der Waals surface area contributed by atoms with E-state index in [9.17, 15) is 4.79 Å². The second-order valence-electron chi connectivity index (χ2n) is 5.53. The summed E-state index contributed by atoms with van der Waals surface area (Å²) >= 11 is 6.15. The summed E-state index contributed by atoms with van der Waals surface area (Å²) in [5.74, 6) is -0.123. The first kappa shape index (κ1) is 15.0. The summed E-state index contributed by atoms with van der Waals surface area (Å²) in [6, 6.07) is 7.95. The zero-order valence-corrected chi connectivity index (χ0v) is 12.3. The minimum atomic E-state index is -0.606. The van der Waals surface area contributed by atoms with Gasteiger partial charge in [-0.15, -0.1) is 11.6 Å². The topological polar surface area (TPSA) is 29.1 Å². The van der Waals surface area contributed by atoms with Crippen LogP contribution < -0.4 is 5.32 Å². The van der Waals surface area contributed by atoms with E-state index in [1.54, 1.807) is 0 Å². The fourth-order valence-electron chi connectivity index (χ4n) is 1.64. The number of nitrogens with one attached hydrogen (secondary N) is 1. The van der Waals surface area contributed by atoms with Crippen molar-refractivity contribution in [1.82, 2.24) is 5.32 Å². The van der Waals surface area contributed by atoms with E-state index in [1.807, 2.05) is 31.2 Å². The third-order valence-corrected chi connectivity index (χ3v) is 3.30. The lowest BCUT2D eigenvalue weighted by Gasteiger charge is -2.19. The third-order valence-electron chi connectivity index (χ3n) is 2.85. The van der Waals surface area contributed by atoms with E-state index in [1.165, 1.54) is 5.56 Å². The second-order valence-corrected chi connectivity index (χ2v) is 5.96. The van der Waals surface area contributed by atoms with Gasteiger partial charge in [-0.3, -0.25) is 4.79 Å². The Balaban J connectivity index is 2.76. The lowest BCUT2D eigenvalue weighted by atomic mass is 9.86. The van der Waals surface area contributed by atoms with Crippen LogP contribution in [0.4, 0.5) is 0 Å². The van der Waals surface area contributed by atoms with E-state index in [2.05, 4.69) is 26.1 Å². The van der Waals surface area contributed by atoms with Gasteiger partial charge in [0.05, 0.1) is 0 Å². The molecular formula is C15H22ClNO. The summed E-state index contributed by atoms with van der Waals surface area (Å²) in [6.07, 6.45) is 0.915. The third kappa shape index (κ3) is 4.02. The number of benzene rings is 1. The molecule has 1 atom stereocenters. The van der Waals surface area contributed by atoms with Crippen molar-refractivity contribution in [2.75, 3.05) is 6.54 Å². The Morgan fingerprint density at radius 2 is 1.83 bits per heavy atom. The first-order chi connectivity index (χ1) is 8.36. The first-order valence-corrected chi connectivity index (χ1v) is 6.82. The van der Waals surface area contributed by atoms with Crippen molar-refractivity contribution in [3.05, 3.63) is 35.4 Å². The molecule has 0 radical (unpaired) electrons. The molecule has 18 heavy (non-hydrogen) atoms. The van der Waals surface area contributed by atoms with E-state index in [0.717, 1.165) is 12.0 Å². The van der Waals surface area contributed by atoms with Gasteiger partial charge in [0.25, 0.3) is 0 Å². The smallest absolute Gasteiger partial charge is 0.242 e. The molecular weight excluding hydrogens is 246 g/mol. The van der Waals surface area contributed by atoms with E-state index in [4.69, 9.17) is 11.6 Å². The number of carbonyl (C=O) groups is 1. The molecule has 2 nitrogen and oxygen atoms in total. The minimum absolute atomic E-state index is 0.116. The average molecular weight is 268 g/mol.